The van der Waals surface area contributed by atoms with Gasteiger partial charge in [0.25, 0.3) is 0 Å². The van der Waals surface area contributed by atoms with E-state index in [1.807, 2.05) is 31.0 Å². The van der Waals surface area contributed by atoms with Crippen molar-refractivity contribution < 1.29 is 9.90 Å². The Hall–Kier alpha value is -1.35. The van der Waals surface area contributed by atoms with Gasteiger partial charge in [-0.2, -0.15) is 0 Å². The normalized spacial score (nSPS) is 16.9. The highest BCUT2D eigenvalue weighted by Crippen LogP contribution is 2.35. The predicted octanol–water partition coefficient (Wildman–Crippen LogP) is 2.83. The zero-order chi connectivity index (χ0) is 13.4. The van der Waals surface area contributed by atoms with E-state index < -0.39 is 12.0 Å². The van der Waals surface area contributed by atoms with Gasteiger partial charge in [-0.1, -0.05) is 12.1 Å². The van der Waals surface area contributed by atoms with Gasteiger partial charge in [0.2, 0.25) is 0 Å². The van der Waals surface area contributed by atoms with Crippen LogP contribution in [-0.4, -0.2) is 29.1 Å². The van der Waals surface area contributed by atoms with Crippen LogP contribution in [-0.2, 0) is 4.79 Å². The number of hydrogen-bond donors (Lipinski definition) is 1. The molecule has 18 heavy (non-hydrogen) atoms. The maximum atomic E-state index is 11.6. The van der Waals surface area contributed by atoms with Gasteiger partial charge in [0.1, 0.15) is 6.04 Å². The van der Waals surface area contributed by atoms with Crippen molar-refractivity contribution in [1.82, 2.24) is 4.90 Å². The van der Waals surface area contributed by atoms with E-state index in [2.05, 4.69) is 13.8 Å². The lowest BCUT2D eigenvalue weighted by molar-refractivity contribution is -0.143. The lowest BCUT2D eigenvalue weighted by Gasteiger charge is -2.27. The maximum Gasteiger partial charge on any atom is 0.325 e. The fraction of sp³-hybridized carbons (Fsp3) is 0.533. The molecule has 1 aliphatic rings. The number of aliphatic carboxylic acids is 1. The summed E-state index contributed by atoms with van der Waals surface area (Å²) in [6.07, 6.45) is 2.23. The molecule has 0 radical (unpaired) electrons. The standard InChI is InChI=1S/C15H21NO2/c1-9-5-8-13(11(3)10(9)2)14(15(17)18)16(4)12-6-7-12/h5,8,12,14H,6-7H2,1-4H3,(H,17,18). The van der Waals surface area contributed by atoms with Crippen molar-refractivity contribution in [2.75, 3.05) is 7.05 Å². The minimum absolute atomic E-state index is 0.437. The van der Waals surface area contributed by atoms with Crippen LogP contribution in [0.4, 0.5) is 0 Å². The van der Waals surface area contributed by atoms with Gasteiger partial charge in [-0.3, -0.25) is 9.69 Å². The second kappa shape index (κ2) is 4.73. The van der Waals surface area contributed by atoms with Crippen LogP contribution < -0.4 is 0 Å². The largest absolute Gasteiger partial charge is 0.480 e. The minimum Gasteiger partial charge on any atom is -0.480 e. The summed E-state index contributed by atoms with van der Waals surface area (Å²) in [6.45, 7) is 6.14. The number of hydrogen-bond acceptors (Lipinski definition) is 2. The maximum absolute atomic E-state index is 11.6. The van der Waals surface area contributed by atoms with Crippen molar-refractivity contribution in [1.29, 1.82) is 0 Å². The molecule has 1 aliphatic carbocycles. The van der Waals surface area contributed by atoms with E-state index in [0.29, 0.717) is 6.04 Å². The van der Waals surface area contributed by atoms with Crippen LogP contribution >= 0.6 is 0 Å². The molecule has 1 atom stereocenters. The summed E-state index contributed by atoms with van der Waals surface area (Å²) < 4.78 is 0. The van der Waals surface area contributed by atoms with E-state index in [0.717, 1.165) is 24.0 Å². The summed E-state index contributed by atoms with van der Waals surface area (Å²) in [6, 6.07) is 3.91. The molecule has 1 aromatic carbocycles. The van der Waals surface area contributed by atoms with Crippen LogP contribution in [0.3, 0.4) is 0 Å². The zero-order valence-corrected chi connectivity index (χ0v) is 11.5. The van der Waals surface area contributed by atoms with Crippen molar-refractivity contribution in [3.8, 4) is 0 Å². The van der Waals surface area contributed by atoms with Gasteiger partial charge < -0.3 is 5.11 Å². The van der Waals surface area contributed by atoms with Crippen LogP contribution in [0, 0.1) is 20.8 Å². The molecular formula is C15H21NO2. The highest BCUT2D eigenvalue weighted by molar-refractivity contribution is 5.76. The van der Waals surface area contributed by atoms with Gasteiger partial charge in [-0.05, 0) is 62.9 Å². The van der Waals surface area contributed by atoms with Crippen LogP contribution in [0.5, 0.6) is 0 Å². The molecule has 98 valence electrons. The van der Waals surface area contributed by atoms with E-state index in [1.165, 1.54) is 11.1 Å². The van der Waals surface area contributed by atoms with Crippen LogP contribution in [0.15, 0.2) is 12.1 Å². The summed E-state index contributed by atoms with van der Waals surface area (Å²) >= 11 is 0. The molecule has 1 N–H and O–H groups in total. The lowest BCUT2D eigenvalue weighted by Crippen LogP contribution is -2.33. The Morgan fingerprint density at radius 2 is 1.89 bits per heavy atom. The van der Waals surface area contributed by atoms with Crippen molar-refractivity contribution in [2.24, 2.45) is 0 Å². The average Bonchev–Trinajstić information content (AvgIpc) is 3.13. The first-order valence-electron chi connectivity index (χ1n) is 6.45. The predicted molar refractivity (Wildman–Crippen MR) is 71.8 cm³/mol. The Bertz CT molecular complexity index is 478. The summed E-state index contributed by atoms with van der Waals surface area (Å²) in [5.41, 5.74) is 4.45. The van der Waals surface area contributed by atoms with Gasteiger partial charge in [0.05, 0.1) is 0 Å². The molecule has 2 rings (SSSR count). The van der Waals surface area contributed by atoms with Crippen LogP contribution in [0.1, 0.15) is 41.1 Å². The van der Waals surface area contributed by atoms with Gasteiger partial charge in [-0.15, -0.1) is 0 Å². The number of aryl methyl sites for hydroxylation is 1. The summed E-state index contributed by atoms with van der Waals surface area (Å²) in [5, 5.41) is 9.52. The third-order valence-corrected chi connectivity index (χ3v) is 4.16. The molecule has 1 fully saturated rings. The Labute approximate surface area is 108 Å². The number of carboxylic acid groups (broad SMARTS) is 1. The fourth-order valence-corrected chi connectivity index (χ4v) is 2.49. The van der Waals surface area contributed by atoms with Gasteiger partial charge in [-0.25, -0.2) is 0 Å². The monoisotopic (exact) mass is 247 g/mol. The summed E-state index contributed by atoms with van der Waals surface area (Å²) in [7, 11) is 1.92. The van der Waals surface area contributed by atoms with Crippen molar-refractivity contribution in [3.63, 3.8) is 0 Å². The SMILES string of the molecule is Cc1ccc(C(C(=O)O)N(C)C2CC2)c(C)c1C. The Kier molecular flexibility index (Phi) is 3.44. The molecule has 0 saturated heterocycles. The van der Waals surface area contributed by atoms with Gasteiger partial charge in [0.15, 0.2) is 0 Å². The number of carboxylic acids is 1. The highest BCUT2D eigenvalue weighted by Gasteiger charge is 2.36. The number of nitrogens with zero attached hydrogens (tertiary/aromatic N) is 1. The quantitative estimate of drug-likeness (QED) is 0.889. The topological polar surface area (TPSA) is 40.5 Å². The Morgan fingerprint density at radius 3 is 2.39 bits per heavy atom. The van der Waals surface area contributed by atoms with Crippen molar-refractivity contribution >= 4 is 5.97 Å². The van der Waals surface area contributed by atoms with Crippen molar-refractivity contribution in [2.45, 2.75) is 45.7 Å². The Balaban J connectivity index is 2.42. The van der Waals surface area contributed by atoms with E-state index in [-0.39, 0.29) is 0 Å². The molecular weight excluding hydrogens is 226 g/mol. The van der Waals surface area contributed by atoms with Gasteiger partial charge >= 0.3 is 5.97 Å². The average molecular weight is 247 g/mol. The number of carbonyl (C=O) groups is 1. The van der Waals surface area contributed by atoms with E-state index >= 15 is 0 Å². The first-order chi connectivity index (χ1) is 8.43. The Morgan fingerprint density at radius 1 is 1.28 bits per heavy atom. The zero-order valence-electron chi connectivity index (χ0n) is 11.5. The van der Waals surface area contributed by atoms with Crippen LogP contribution in [0.2, 0.25) is 0 Å². The molecule has 3 nitrogen and oxygen atoms in total. The molecule has 1 saturated carbocycles. The summed E-state index contributed by atoms with van der Waals surface area (Å²) in [4.78, 5) is 13.6. The molecule has 3 heteroatoms. The molecule has 0 aliphatic heterocycles. The molecule has 0 spiro atoms. The third kappa shape index (κ3) is 2.27. The number of benzene rings is 1. The molecule has 1 unspecified atom stereocenters. The minimum atomic E-state index is -0.754. The second-order valence-electron chi connectivity index (χ2n) is 5.36. The van der Waals surface area contributed by atoms with Gasteiger partial charge in [0, 0.05) is 6.04 Å². The second-order valence-corrected chi connectivity index (χ2v) is 5.36. The van der Waals surface area contributed by atoms with E-state index in [9.17, 15) is 9.90 Å². The molecule has 0 aromatic heterocycles. The molecule has 0 amide bonds. The first-order valence-corrected chi connectivity index (χ1v) is 6.45. The van der Waals surface area contributed by atoms with Crippen LogP contribution in [0.25, 0.3) is 0 Å². The molecule has 0 heterocycles. The smallest absolute Gasteiger partial charge is 0.325 e. The van der Waals surface area contributed by atoms with Crippen molar-refractivity contribution in [3.05, 3.63) is 34.4 Å². The molecule has 0 bridgehead atoms. The summed E-state index contributed by atoms with van der Waals surface area (Å²) in [5.74, 6) is -0.754. The molecule has 1 aromatic rings. The third-order valence-electron chi connectivity index (χ3n) is 4.16. The number of rotatable bonds is 4. The lowest BCUT2D eigenvalue weighted by atomic mass is 9.93. The first kappa shape index (κ1) is 13.1. The fourth-order valence-electron chi connectivity index (χ4n) is 2.49. The van der Waals surface area contributed by atoms with E-state index in [4.69, 9.17) is 0 Å². The highest BCUT2D eigenvalue weighted by atomic mass is 16.4. The number of likely N-dealkylation sites (N-methyl/N-ethyl adjacent to an activating group) is 1. The van der Waals surface area contributed by atoms with E-state index in [1.54, 1.807) is 0 Å².